The van der Waals surface area contributed by atoms with Crippen LogP contribution in [0.15, 0.2) is 17.1 Å². The summed E-state index contributed by atoms with van der Waals surface area (Å²) >= 11 is 0. The molecule has 0 bridgehead atoms. The SMILES string of the molecule is CCOC(=O)c1cn(C(CC(C)C)C(=O)OC(C)(C)C)c(=O)cc1OS(=O)(=O)C(F)(F)F. The maximum atomic E-state index is 12.7. The highest BCUT2D eigenvalue weighted by atomic mass is 32.2. The summed E-state index contributed by atoms with van der Waals surface area (Å²) in [4.78, 5) is 37.7. The van der Waals surface area contributed by atoms with E-state index in [1.165, 1.54) is 6.92 Å². The Hall–Kier alpha value is -2.57. The van der Waals surface area contributed by atoms with Gasteiger partial charge in [-0.25, -0.2) is 9.59 Å². The van der Waals surface area contributed by atoms with Crippen molar-refractivity contribution in [1.29, 1.82) is 0 Å². The highest BCUT2D eigenvalue weighted by Crippen LogP contribution is 2.30. The summed E-state index contributed by atoms with van der Waals surface area (Å²) in [5.74, 6) is -3.37. The molecule has 1 unspecified atom stereocenters. The Morgan fingerprint density at radius 1 is 1.16 bits per heavy atom. The first kappa shape index (κ1) is 27.5. The van der Waals surface area contributed by atoms with Gasteiger partial charge in [-0.1, -0.05) is 13.8 Å². The van der Waals surface area contributed by atoms with Gasteiger partial charge in [0.25, 0.3) is 5.56 Å². The smallest absolute Gasteiger partial charge is 0.462 e. The van der Waals surface area contributed by atoms with Crippen LogP contribution in [0.2, 0.25) is 0 Å². The summed E-state index contributed by atoms with van der Waals surface area (Å²) in [6.07, 6.45) is 0.816. The van der Waals surface area contributed by atoms with Crippen molar-refractivity contribution < 1.29 is 44.8 Å². The van der Waals surface area contributed by atoms with E-state index in [0.29, 0.717) is 6.07 Å². The van der Waals surface area contributed by atoms with Crippen LogP contribution in [0, 0.1) is 5.92 Å². The minimum Gasteiger partial charge on any atom is -0.462 e. The van der Waals surface area contributed by atoms with Crippen LogP contribution in [-0.4, -0.2) is 42.6 Å². The van der Waals surface area contributed by atoms with Crippen LogP contribution >= 0.6 is 0 Å². The van der Waals surface area contributed by atoms with Gasteiger partial charge in [0.15, 0.2) is 5.75 Å². The molecule has 0 aromatic carbocycles. The lowest BCUT2D eigenvalue weighted by Crippen LogP contribution is -2.36. The third-order valence-electron chi connectivity index (χ3n) is 3.73. The number of halogens is 3. The average molecular weight is 485 g/mol. The average Bonchev–Trinajstić information content (AvgIpc) is 2.57. The fourth-order valence-electron chi connectivity index (χ4n) is 2.51. The standard InChI is InChI=1S/C19H26F3NO8S/c1-7-29-16(25)12-10-23(13(8-11(2)3)17(26)30-18(4,5)6)15(24)9-14(12)31-32(27,28)19(20,21)22/h9-11,13H,7-8H2,1-6H3. The van der Waals surface area contributed by atoms with E-state index in [1.54, 1.807) is 34.6 Å². The van der Waals surface area contributed by atoms with Crippen LogP contribution in [0.3, 0.4) is 0 Å². The topological polar surface area (TPSA) is 118 Å². The maximum absolute atomic E-state index is 12.7. The predicted molar refractivity (Wildman–Crippen MR) is 107 cm³/mol. The zero-order valence-electron chi connectivity index (χ0n) is 18.5. The first-order valence-corrected chi connectivity index (χ1v) is 11.0. The predicted octanol–water partition coefficient (Wildman–Crippen LogP) is 3.18. The first-order valence-electron chi connectivity index (χ1n) is 9.56. The third-order valence-corrected chi connectivity index (χ3v) is 4.70. The van der Waals surface area contributed by atoms with Crippen molar-refractivity contribution in [1.82, 2.24) is 4.57 Å². The van der Waals surface area contributed by atoms with Crippen LogP contribution in [0.1, 0.15) is 64.4 Å². The van der Waals surface area contributed by atoms with Gasteiger partial charge in [0.05, 0.1) is 6.61 Å². The summed E-state index contributed by atoms with van der Waals surface area (Å²) < 4.78 is 75.9. The fraction of sp³-hybridized carbons (Fsp3) is 0.632. The van der Waals surface area contributed by atoms with Gasteiger partial charge in [-0.15, -0.1) is 0 Å². The number of rotatable bonds is 8. The molecule has 1 aromatic rings. The summed E-state index contributed by atoms with van der Waals surface area (Å²) in [5.41, 5.74) is -8.58. The second kappa shape index (κ2) is 9.92. The summed E-state index contributed by atoms with van der Waals surface area (Å²) in [6.45, 7) is 9.51. The monoisotopic (exact) mass is 485 g/mol. The molecule has 1 rings (SSSR count). The van der Waals surface area contributed by atoms with E-state index in [-0.39, 0.29) is 18.9 Å². The molecule has 13 heteroatoms. The minimum absolute atomic E-state index is 0.0815. The van der Waals surface area contributed by atoms with Crippen molar-refractivity contribution >= 4 is 22.1 Å². The second-order valence-electron chi connectivity index (χ2n) is 8.18. The van der Waals surface area contributed by atoms with Gasteiger partial charge in [0, 0.05) is 12.3 Å². The van der Waals surface area contributed by atoms with Crippen LogP contribution in [0.5, 0.6) is 5.75 Å². The number of hydrogen-bond acceptors (Lipinski definition) is 8. The van der Waals surface area contributed by atoms with Crippen LogP contribution in [-0.2, 0) is 24.4 Å². The quantitative estimate of drug-likeness (QED) is 0.313. The van der Waals surface area contributed by atoms with Gasteiger partial charge >= 0.3 is 27.6 Å². The lowest BCUT2D eigenvalue weighted by molar-refractivity contribution is -0.159. The molecular weight excluding hydrogens is 459 g/mol. The maximum Gasteiger partial charge on any atom is 0.534 e. The van der Waals surface area contributed by atoms with E-state index in [2.05, 4.69) is 4.18 Å². The van der Waals surface area contributed by atoms with Gasteiger partial charge < -0.3 is 18.2 Å². The zero-order chi connectivity index (χ0) is 25.1. The van der Waals surface area contributed by atoms with Crippen LogP contribution < -0.4 is 9.74 Å². The van der Waals surface area contributed by atoms with E-state index in [0.717, 1.165) is 10.8 Å². The van der Waals surface area contributed by atoms with Gasteiger partial charge in [-0.05, 0) is 40.0 Å². The number of pyridine rings is 1. The van der Waals surface area contributed by atoms with Gasteiger partial charge in [0.1, 0.15) is 17.2 Å². The summed E-state index contributed by atoms with van der Waals surface area (Å²) in [7, 11) is -6.18. The van der Waals surface area contributed by atoms with Gasteiger partial charge in [-0.2, -0.15) is 21.6 Å². The lowest BCUT2D eigenvalue weighted by atomic mass is 10.0. The summed E-state index contributed by atoms with van der Waals surface area (Å²) in [5, 5.41) is 0. The molecule has 1 aromatic heterocycles. The number of carbonyl (C=O) groups is 2. The van der Waals surface area contributed by atoms with E-state index in [4.69, 9.17) is 9.47 Å². The number of carbonyl (C=O) groups excluding carboxylic acids is 2. The molecule has 9 nitrogen and oxygen atoms in total. The second-order valence-corrected chi connectivity index (χ2v) is 9.72. The highest BCUT2D eigenvalue weighted by molar-refractivity contribution is 7.88. The number of nitrogens with zero attached hydrogens (tertiary/aromatic N) is 1. The molecule has 0 aliphatic rings. The fourth-order valence-corrected chi connectivity index (χ4v) is 2.98. The Kier molecular flexibility index (Phi) is 8.52. The van der Waals surface area contributed by atoms with Gasteiger partial charge in [-0.3, -0.25) is 4.79 Å². The normalized spacial score (nSPS) is 13.6. The highest BCUT2D eigenvalue weighted by Gasteiger charge is 2.49. The third kappa shape index (κ3) is 7.24. The Morgan fingerprint density at radius 3 is 2.16 bits per heavy atom. The van der Waals surface area contributed by atoms with E-state index in [9.17, 15) is 36.0 Å². The molecule has 0 saturated carbocycles. The Balaban J connectivity index is 3.68. The van der Waals surface area contributed by atoms with Crippen molar-refractivity contribution in [2.24, 2.45) is 5.92 Å². The Bertz CT molecular complexity index is 1010. The molecule has 1 heterocycles. The number of esters is 2. The minimum atomic E-state index is -6.18. The Labute approximate surface area is 183 Å². The first-order chi connectivity index (χ1) is 14.4. The van der Waals surface area contributed by atoms with E-state index >= 15 is 0 Å². The van der Waals surface area contributed by atoms with Crippen molar-refractivity contribution in [2.75, 3.05) is 6.61 Å². The molecule has 0 amide bonds. The van der Waals surface area contributed by atoms with Crippen molar-refractivity contribution in [2.45, 2.75) is 65.1 Å². The molecule has 182 valence electrons. The largest absolute Gasteiger partial charge is 0.534 e. The number of ether oxygens (including phenoxy) is 2. The lowest BCUT2D eigenvalue weighted by Gasteiger charge is -2.26. The van der Waals surface area contributed by atoms with Gasteiger partial charge in [0.2, 0.25) is 0 Å². The zero-order valence-corrected chi connectivity index (χ0v) is 19.3. The number of aromatic nitrogens is 1. The molecule has 0 saturated heterocycles. The van der Waals surface area contributed by atoms with E-state index in [1.807, 2.05) is 0 Å². The number of alkyl halides is 3. The molecule has 0 radical (unpaired) electrons. The van der Waals surface area contributed by atoms with Crippen molar-refractivity contribution in [3.05, 3.63) is 28.2 Å². The summed E-state index contributed by atoms with van der Waals surface area (Å²) in [6, 6.07) is -0.865. The molecule has 0 aliphatic heterocycles. The van der Waals surface area contributed by atoms with Crippen LogP contribution in [0.25, 0.3) is 0 Å². The number of hydrogen-bond donors (Lipinski definition) is 0. The molecule has 0 spiro atoms. The molecule has 1 atom stereocenters. The molecule has 0 aliphatic carbocycles. The van der Waals surface area contributed by atoms with Crippen molar-refractivity contribution in [3.8, 4) is 5.75 Å². The Morgan fingerprint density at radius 2 is 1.72 bits per heavy atom. The van der Waals surface area contributed by atoms with E-state index < -0.39 is 56.1 Å². The molecule has 0 N–H and O–H groups in total. The molecule has 32 heavy (non-hydrogen) atoms. The van der Waals surface area contributed by atoms with Crippen molar-refractivity contribution in [3.63, 3.8) is 0 Å². The molecule has 0 fully saturated rings. The van der Waals surface area contributed by atoms with Crippen LogP contribution in [0.4, 0.5) is 13.2 Å². The molecular formula is C19H26F3NO8S.